The van der Waals surface area contributed by atoms with E-state index in [2.05, 4.69) is 10.6 Å². The molecule has 7 heteroatoms. The second-order valence-electron chi connectivity index (χ2n) is 5.17. The summed E-state index contributed by atoms with van der Waals surface area (Å²) < 4.78 is 5.11. The van der Waals surface area contributed by atoms with Gasteiger partial charge in [-0.25, -0.2) is 0 Å². The lowest BCUT2D eigenvalue weighted by Crippen LogP contribution is -2.18. The molecule has 0 aliphatic rings. The molecule has 0 atom stereocenters. The van der Waals surface area contributed by atoms with Gasteiger partial charge in [0.2, 0.25) is 5.91 Å². The van der Waals surface area contributed by atoms with Gasteiger partial charge in [0.15, 0.2) is 0 Å². The SMILES string of the molecule is COc1cccc(NC(=O)c2ccccc2NC(=O)CCC(=O)O)c1. The molecule has 0 aliphatic carbocycles. The number of carboxylic acids is 1. The summed E-state index contributed by atoms with van der Waals surface area (Å²) in [5.74, 6) is -1.32. The molecule has 0 aliphatic heterocycles. The van der Waals surface area contributed by atoms with E-state index in [0.29, 0.717) is 17.1 Å². The van der Waals surface area contributed by atoms with Crippen LogP contribution >= 0.6 is 0 Å². The van der Waals surface area contributed by atoms with Gasteiger partial charge in [-0.15, -0.1) is 0 Å². The van der Waals surface area contributed by atoms with Gasteiger partial charge < -0.3 is 20.5 Å². The monoisotopic (exact) mass is 342 g/mol. The Bertz CT molecular complexity index is 789. The van der Waals surface area contributed by atoms with Gasteiger partial charge in [-0.1, -0.05) is 18.2 Å². The minimum atomic E-state index is -1.06. The zero-order chi connectivity index (χ0) is 18.2. The minimum absolute atomic E-state index is 0.166. The second kappa shape index (κ2) is 8.49. The largest absolute Gasteiger partial charge is 0.497 e. The van der Waals surface area contributed by atoms with Crippen LogP contribution in [-0.4, -0.2) is 30.0 Å². The summed E-state index contributed by atoms with van der Waals surface area (Å²) in [5.41, 5.74) is 1.14. The number of benzene rings is 2. The van der Waals surface area contributed by atoms with E-state index in [1.807, 2.05) is 0 Å². The summed E-state index contributed by atoms with van der Waals surface area (Å²) >= 11 is 0. The highest BCUT2D eigenvalue weighted by molar-refractivity contribution is 6.10. The number of amides is 2. The molecule has 0 radical (unpaired) electrons. The maximum Gasteiger partial charge on any atom is 0.303 e. The molecular weight excluding hydrogens is 324 g/mol. The number of carbonyl (C=O) groups excluding carboxylic acids is 2. The van der Waals surface area contributed by atoms with Crippen LogP contribution in [0.4, 0.5) is 11.4 Å². The second-order valence-corrected chi connectivity index (χ2v) is 5.17. The molecule has 2 rings (SSSR count). The molecular formula is C18H18N2O5. The summed E-state index contributed by atoms with van der Waals surface area (Å²) in [7, 11) is 1.53. The molecule has 0 fully saturated rings. The van der Waals surface area contributed by atoms with Gasteiger partial charge in [0.25, 0.3) is 5.91 Å². The molecule has 2 aromatic carbocycles. The van der Waals surface area contributed by atoms with E-state index >= 15 is 0 Å². The molecule has 0 aromatic heterocycles. The Hall–Kier alpha value is -3.35. The number of hydrogen-bond acceptors (Lipinski definition) is 4. The number of carbonyl (C=O) groups is 3. The number of aliphatic carboxylic acids is 1. The Morgan fingerprint density at radius 2 is 1.76 bits per heavy atom. The van der Waals surface area contributed by atoms with Gasteiger partial charge >= 0.3 is 5.97 Å². The summed E-state index contributed by atoms with van der Waals surface area (Å²) in [6.45, 7) is 0. The van der Waals surface area contributed by atoms with Crippen LogP contribution in [0.3, 0.4) is 0 Å². The third-order valence-corrected chi connectivity index (χ3v) is 3.34. The van der Waals surface area contributed by atoms with E-state index in [4.69, 9.17) is 9.84 Å². The van der Waals surface area contributed by atoms with Crippen LogP contribution in [0.15, 0.2) is 48.5 Å². The van der Waals surface area contributed by atoms with Crippen LogP contribution in [0.5, 0.6) is 5.75 Å². The summed E-state index contributed by atoms with van der Waals surface area (Å²) in [6.07, 6.45) is -0.439. The lowest BCUT2D eigenvalue weighted by atomic mass is 10.1. The van der Waals surface area contributed by atoms with Crippen LogP contribution < -0.4 is 15.4 Å². The number of rotatable bonds is 7. The molecule has 0 saturated heterocycles. The van der Waals surface area contributed by atoms with Gasteiger partial charge in [-0.05, 0) is 24.3 Å². The number of nitrogens with one attached hydrogen (secondary N) is 2. The van der Waals surface area contributed by atoms with Crippen molar-refractivity contribution < 1.29 is 24.2 Å². The number of carboxylic acid groups (broad SMARTS) is 1. The first kappa shape index (κ1) is 18.0. The Labute approximate surface area is 144 Å². The van der Waals surface area contributed by atoms with Crippen LogP contribution in [-0.2, 0) is 9.59 Å². The van der Waals surface area contributed by atoms with Crippen molar-refractivity contribution >= 4 is 29.2 Å². The van der Waals surface area contributed by atoms with Crippen LogP contribution in [0.1, 0.15) is 23.2 Å². The molecule has 0 bridgehead atoms. The van der Waals surface area contributed by atoms with Crippen molar-refractivity contribution in [3.63, 3.8) is 0 Å². The summed E-state index contributed by atoms with van der Waals surface area (Å²) in [6, 6.07) is 13.4. The first-order valence-corrected chi connectivity index (χ1v) is 7.55. The van der Waals surface area contributed by atoms with Crippen LogP contribution in [0.2, 0.25) is 0 Å². The minimum Gasteiger partial charge on any atom is -0.497 e. The Morgan fingerprint density at radius 3 is 2.48 bits per heavy atom. The Kier molecular flexibility index (Phi) is 6.11. The number of ether oxygens (including phenoxy) is 1. The first-order chi connectivity index (χ1) is 12.0. The van der Waals surface area contributed by atoms with E-state index in [9.17, 15) is 14.4 Å². The maximum atomic E-state index is 12.5. The summed E-state index contributed by atoms with van der Waals surface area (Å²) in [4.78, 5) is 34.8. The third-order valence-electron chi connectivity index (χ3n) is 3.34. The zero-order valence-electron chi connectivity index (χ0n) is 13.6. The lowest BCUT2D eigenvalue weighted by molar-refractivity contribution is -0.138. The van der Waals surface area contributed by atoms with Crippen LogP contribution in [0.25, 0.3) is 0 Å². The van der Waals surface area contributed by atoms with Gasteiger partial charge in [0.05, 0.1) is 24.8 Å². The van der Waals surface area contributed by atoms with E-state index in [1.165, 1.54) is 7.11 Å². The third kappa shape index (κ3) is 5.35. The molecule has 2 amide bonds. The van der Waals surface area contributed by atoms with E-state index < -0.39 is 17.8 Å². The highest BCUT2D eigenvalue weighted by Gasteiger charge is 2.14. The Morgan fingerprint density at radius 1 is 1.00 bits per heavy atom. The van der Waals surface area contributed by atoms with Gasteiger partial charge in [0.1, 0.15) is 5.75 Å². The molecule has 25 heavy (non-hydrogen) atoms. The molecule has 3 N–H and O–H groups in total. The normalized spacial score (nSPS) is 9.96. The van der Waals surface area contributed by atoms with Crippen molar-refractivity contribution in [2.45, 2.75) is 12.8 Å². The molecule has 130 valence electrons. The number of hydrogen-bond donors (Lipinski definition) is 3. The van der Waals surface area contributed by atoms with Crippen molar-refractivity contribution in [1.82, 2.24) is 0 Å². The van der Waals surface area contributed by atoms with Crippen molar-refractivity contribution in [1.29, 1.82) is 0 Å². The van der Waals surface area contributed by atoms with Gasteiger partial charge in [-0.3, -0.25) is 14.4 Å². The highest BCUT2D eigenvalue weighted by Crippen LogP contribution is 2.20. The zero-order valence-corrected chi connectivity index (χ0v) is 13.6. The van der Waals surface area contributed by atoms with Crippen molar-refractivity contribution in [2.75, 3.05) is 17.7 Å². The maximum absolute atomic E-state index is 12.5. The van der Waals surface area contributed by atoms with Crippen molar-refractivity contribution in [3.05, 3.63) is 54.1 Å². The fraction of sp³-hybridized carbons (Fsp3) is 0.167. The standard InChI is InChI=1S/C18H18N2O5/c1-25-13-6-4-5-12(11-13)19-18(24)14-7-2-3-8-15(14)20-16(21)9-10-17(22)23/h2-8,11H,9-10H2,1H3,(H,19,24)(H,20,21)(H,22,23). The van der Waals surface area contributed by atoms with E-state index in [0.717, 1.165) is 0 Å². The molecule has 0 unspecified atom stereocenters. The quantitative estimate of drug-likeness (QED) is 0.717. The summed E-state index contributed by atoms with van der Waals surface area (Å²) in [5, 5.41) is 13.9. The van der Waals surface area contributed by atoms with Crippen molar-refractivity contribution in [3.8, 4) is 5.75 Å². The van der Waals surface area contributed by atoms with Gasteiger partial charge in [0, 0.05) is 18.2 Å². The smallest absolute Gasteiger partial charge is 0.303 e. The predicted molar refractivity (Wildman–Crippen MR) is 92.9 cm³/mol. The molecule has 7 nitrogen and oxygen atoms in total. The number of methoxy groups -OCH3 is 1. The number of anilines is 2. The topological polar surface area (TPSA) is 105 Å². The molecule has 0 spiro atoms. The van der Waals surface area contributed by atoms with Crippen molar-refractivity contribution in [2.24, 2.45) is 0 Å². The number of para-hydroxylation sites is 1. The molecule has 0 heterocycles. The molecule has 2 aromatic rings. The first-order valence-electron chi connectivity index (χ1n) is 7.55. The van der Waals surface area contributed by atoms with Gasteiger partial charge in [-0.2, -0.15) is 0 Å². The fourth-order valence-corrected chi connectivity index (χ4v) is 2.12. The predicted octanol–water partition coefficient (Wildman–Crippen LogP) is 2.75. The average Bonchev–Trinajstić information content (AvgIpc) is 2.60. The Balaban J connectivity index is 2.11. The van der Waals surface area contributed by atoms with E-state index in [-0.39, 0.29) is 18.4 Å². The van der Waals surface area contributed by atoms with E-state index in [1.54, 1.807) is 48.5 Å². The lowest BCUT2D eigenvalue weighted by Gasteiger charge is -2.12. The average molecular weight is 342 g/mol. The van der Waals surface area contributed by atoms with Crippen LogP contribution in [0, 0.1) is 0 Å². The highest BCUT2D eigenvalue weighted by atomic mass is 16.5. The molecule has 0 saturated carbocycles. The fourth-order valence-electron chi connectivity index (χ4n) is 2.12.